The van der Waals surface area contributed by atoms with Gasteiger partial charge in [-0.3, -0.25) is 14.6 Å². The molecule has 0 aliphatic carbocycles. The number of hydrogen-bond donors (Lipinski definition) is 0. The number of halogens is 3. The molecule has 10 heteroatoms. The molecular formula is C26H28F3N5O2. The summed E-state index contributed by atoms with van der Waals surface area (Å²) >= 11 is 0. The monoisotopic (exact) mass is 499 g/mol. The van der Waals surface area contributed by atoms with Crippen LogP contribution in [0.15, 0.2) is 36.7 Å². The van der Waals surface area contributed by atoms with Gasteiger partial charge in [0.05, 0.1) is 28.7 Å². The third-order valence-electron chi connectivity index (χ3n) is 7.35. The van der Waals surface area contributed by atoms with Gasteiger partial charge in [0.1, 0.15) is 0 Å². The van der Waals surface area contributed by atoms with E-state index >= 15 is 0 Å². The van der Waals surface area contributed by atoms with Gasteiger partial charge in [0.15, 0.2) is 0 Å². The third kappa shape index (κ3) is 4.74. The molecule has 7 nitrogen and oxygen atoms in total. The van der Waals surface area contributed by atoms with Crippen molar-refractivity contribution in [3.8, 4) is 6.07 Å². The highest BCUT2D eigenvalue weighted by Crippen LogP contribution is 2.47. The van der Waals surface area contributed by atoms with E-state index < -0.39 is 28.6 Å². The van der Waals surface area contributed by atoms with Crippen LogP contribution in [0.3, 0.4) is 0 Å². The van der Waals surface area contributed by atoms with E-state index in [-0.39, 0.29) is 11.8 Å². The van der Waals surface area contributed by atoms with Gasteiger partial charge < -0.3 is 14.7 Å². The van der Waals surface area contributed by atoms with Gasteiger partial charge in [-0.2, -0.15) is 18.4 Å². The highest BCUT2D eigenvalue weighted by Gasteiger charge is 2.53. The highest BCUT2D eigenvalue weighted by molar-refractivity contribution is 5.95. The van der Waals surface area contributed by atoms with Gasteiger partial charge in [0.2, 0.25) is 5.91 Å². The largest absolute Gasteiger partial charge is 0.417 e. The molecule has 2 saturated heterocycles. The minimum Gasteiger partial charge on any atom is -0.371 e. The summed E-state index contributed by atoms with van der Waals surface area (Å²) < 4.78 is 40.4. The van der Waals surface area contributed by atoms with Crippen molar-refractivity contribution in [1.82, 2.24) is 14.8 Å². The topological polar surface area (TPSA) is 80.5 Å². The molecule has 0 saturated carbocycles. The molecule has 190 valence electrons. The number of carbonyl (C=O) groups is 2. The fraction of sp³-hybridized carbons (Fsp3) is 0.462. The lowest BCUT2D eigenvalue weighted by Crippen LogP contribution is -2.48. The molecule has 36 heavy (non-hydrogen) atoms. The first-order valence-corrected chi connectivity index (χ1v) is 11.7. The first kappa shape index (κ1) is 25.5. The molecular weight excluding hydrogens is 471 g/mol. The van der Waals surface area contributed by atoms with Gasteiger partial charge in [-0.15, -0.1) is 0 Å². The zero-order valence-corrected chi connectivity index (χ0v) is 20.5. The highest BCUT2D eigenvalue weighted by atomic mass is 19.4. The summed E-state index contributed by atoms with van der Waals surface area (Å²) in [4.78, 5) is 35.6. The predicted octanol–water partition coefficient (Wildman–Crippen LogP) is 3.73. The molecule has 1 spiro atoms. The van der Waals surface area contributed by atoms with Crippen molar-refractivity contribution in [1.29, 1.82) is 5.26 Å². The lowest BCUT2D eigenvalue weighted by Gasteiger charge is -2.43. The van der Waals surface area contributed by atoms with E-state index in [2.05, 4.69) is 4.98 Å². The number of nitrogens with zero attached hydrogens (tertiary/aromatic N) is 5. The summed E-state index contributed by atoms with van der Waals surface area (Å²) in [6, 6.07) is 7.14. The zero-order chi connectivity index (χ0) is 26.3. The van der Waals surface area contributed by atoms with Gasteiger partial charge in [0.25, 0.3) is 5.91 Å². The van der Waals surface area contributed by atoms with E-state index in [1.165, 1.54) is 23.2 Å². The second kappa shape index (κ2) is 9.45. The summed E-state index contributed by atoms with van der Waals surface area (Å²) in [6.07, 6.45) is -0.334. The number of rotatable bonds is 3. The minimum atomic E-state index is -4.63. The number of nitriles is 1. The van der Waals surface area contributed by atoms with Crippen molar-refractivity contribution in [2.24, 2.45) is 11.3 Å². The lowest BCUT2D eigenvalue weighted by molar-refractivity contribution is -0.138. The van der Waals surface area contributed by atoms with Gasteiger partial charge in [-0.1, -0.05) is 0 Å². The van der Waals surface area contributed by atoms with Crippen LogP contribution in [0.4, 0.5) is 18.9 Å². The molecule has 1 atom stereocenters. The maximum absolute atomic E-state index is 13.5. The standard InChI is InChI=1S/C26H28F3N5O2/c1-17-10-19(14-31-13-17)23(35)34-15-22(24(36)32(2)3)25(16-34)6-8-33(9-7-25)20-5-4-18(12-30)21(11-20)26(27,28)29/h4-5,10-11,13-14,22H,6-9,15-16H2,1-3H3. The molecule has 3 heterocycles. The Kier molecular flexibility index (Phi) is 6.69. The number of amides is 2. The number of anilines is 1. The molecule has 1 unspecified atom stereocenters. The second-order valence-electron chi connectivity index (χ2n) is 9.91. The molecule has 2 aliphatic rings. The molecule has 0 N–H and O–H groups in total. The molecule has 0 radical (unpaired) electrons. The molecule has 2 amide bonds. The van der Waals surface area contributed by atoms with Crippen LogP contribution in [-0.4, -0.2) is 66.9 Å². The van der Waals surface area contributed by atoms with Gasteiger partial charge in [-0.25, -0.2) is 0 Å². The fourth-order valence-electron chi connectivity index (χ4n) is 5.41. The predicted molar refractivity (Wildman–Crippen MR) is 127 cm³/mol. The number of piperidine rings is 1. The van der Waals surface area contributed by atoms with Crippen LogP contribution in [0.2, 0.25) is 0 Å². The minimum absolute atomic E-state index is 0.0566. The average Bonchev–Trinajstić information content (AvgIpc) is 3.21. The average molecular weight is 500 g/mol. The maximum Gasteiger partial charge on any atom is 0.417 e. The van der Waals surface area contributed by atoms with Gasteiger partial charge in [-0.05, 0) is 49.6 Å². The Balaban J connectivity index is 1.57. The van der Waals surface area contributed by atoms with E-state index in [1.54, 1.807) is 37.3 Å². The summed E-state index contributed by atoms with van der Waals surface area (Å²) in [5, 5.41) is 9.08. The Hall–Kier alpha value is -3.61. The zero-order valence-electron chi connectivity index (χ0n) is 20.5. The quantitative estimate of drug-likeness (QED) is 0.643. The summed E-state index contributed by atoms with van der Waals surface area (Å²) in [6.45, 7) is 3.43. The van der Waals surface area contributed by atoms with Gasteiger partial charge in [0, 0.05) is 63.8 Å². The number of hydrogen-bond acceptors (Lipinski definition) is 5. The molecule has 0 bridgehead atoms. The Morgan fingerprint density at radius 2 is 1.86 bits per heavy atom. The first-order valence-electron chi connectivity index (χ1n) is 11.7. The van der Waals surface area contributed by atoms with Gasteiger partial charge >= 0.3 is 6.18 Å². The number of carbonyl (C=O) groups excluding carboxylic acids is 2. The van der Waals surface area contributed by atoms with E-state index in [9.17, 15) is 22.8 Å². The SMILES string of the molecule is Cc1cncc(C(=O)N2CC(C(=O)N(C)C)C3(CCN(c4ccc(C#N)c(C(F)(F)F)c4)CC3)C2)c1. The Labute approximate surface area is 208 Å². The summed E-state index contributed by atoms with van der Waals surface area (Å²) in [5.41, 5.74) is -0.102. The number of pyridine rings is 1. The Bertz CT molecular complexity index is 1210. The molecule has 2 aliphatic heterocycles. The van der Waals surface area contributed by atoms with Crippen LogP contribution < -0.4 is 4.90 Å². The summed E-state index contributed by atoms with van der Waals surface area (Å²) in [5.74, 6) is -0.633. The number of aryl methyl sites for hydroxylation is 1. The van der Waals surface area contributed by atoms with Crippen molar-refractivity contribution in [3.63, 3.8) is 0 Å². The Morgan fingerprint density at radius 3 is 2.44 bits per heavy atom. The van der Waals surface area contributed by atoms with E-state index in [4.69, 9.17) is 5.26 Å². The van der Waals surface area contributed by atoms with Crippen LogP contribution >= 0.6 is 0 Å². The maximum atomic E-state index is 13.5. The third-order valence-corrected chi connectivity index (χ3v) is 7.35. The molecule has 1 aromatic heterocycles. The summed E-state index contributed by atoms with van der Waals surface area (Å²) in [7, 11) is 3.38. The van der Waals surface area contributed by atoms with Crippen molar-refractivity contribution in [2.45, 2.75) is 25.9 Å². The molecule has 4 rings (SSSR count). The van der Waals surface area contributed by atoms with Crippen molar-refractivity contribution >= 4 is 17.5 Å². The molecule has 2 fully saturated rings. The van der Waals surface area contributed by atoms with Crippen LogP contribution in [0.5, 0.6) is 0 Å². The smallest absolute Gasteiger partial charge is 0.371 e. The molecule has 1 aromatic carbocycles. The fourth-order valence-corrected chi connectivity index (χ4v) is 5.41. The lowest BCUT2D eigenvalue weighted by atomic mass is 9.70. The van der Waals surface area contributed by atoms with Crippen molar-refractivity contribution < 1.29 is 22.8 Å². The van der Waals surface area contributed by atoms with Crippen LogP contribution in [0.1, 0.15) is 39.9 Å². The van der Waals surface area contributed by atoms with Crippen molar-refractivity contribution in [3.05, 3.63) is 58.9 Å². The first-order chi connectivity index (χ1) is 16.9. The van der Waals surface area contributed by atoms with Crippen LogP contribution in [-0.2, 0) is 11.0 Å². The van der Waals surface area contributed by atoms with E-state index in [0.717, 1.165) is 11.6 Å². The van der Waals surface area contributed by atoms with Crippen LogP contribution in [0.25, 0.3) is 0 Å². The number of likely N-dealkylation sites (tertiary alicyclic amines) is 1. The number of benzene rings is 1. The van der Waals surface area contributed by atoms with Crippen LogP contribution in [0, 0.1) is 29.6 Å². The normalized spacial score (nSPS) is 19.3. The second-order valence-corrected chi connectivity index (χ2v) is 9.91. The van der Waals surface area contributed by atoms with Crippen molar-refractivity contribution in [2.75, 3.05) is 45.2 Å². The Morgan fingerprint density at radius 1 is 1.17 bits per heavy atom. The molecule has 2 aromatic rings. The van der Waals surface area contributed by atoms with E-state index in [1.807, 2.05) is 11.8 Å². The van der Waals surface area contributed by atoms with E-state index in [0.29, 0.717) is 50.3 Å². The number of alkyl halides is 3. The number of aromatic nitrogens is 1.